The van der Waals surface area contributed by atoms with Gasteiger partial charge in [0.1, 0.15) is 18.9 Å². The van der Waals surface area contributed by atoms with Gasteiger partial charge in [0, 0.05) is 23.7 Å². The lowest BCUT2D eigenvalue weighted by molar-refractivity contribution is -0.299. The fraction of sp³-hybridized carbons (Fsp3) is 0.789. The summed E-state index contributed by atoms with van der Waals surface area (Å²) in [6, 6.07) is 0. The van der Waals surface area contributed by atoms with Crippen molar-refractivity contribution < 1.29 is 24.9 Å². The van der Waals surface area contributed by atoms with E-state index in [1.54, 1.807) is 5.06 Å². The third-order valence-corrected chi connectivity index (χ3v) is 5.65. The molecular weight excluding hydrogens is 382 g/mol. The number of ether oxygens (including phenoxy) is 1. The Morgan fingerprint density at radius 3 is 2.38 bits per heavy atom. The van der Waals surface area contributed by atoms with Crippen LogP contribution in [0.2, 0.25) is 0 Å². The van der Waals surface area contributed by atoms with Crippen LogP contribution < -0.4 is 11.2 Å². The van der Waals surface area contributed by atoms with E-state index < -0.39 is 46.9 Å². The summed E-state index contributed by atoms with van der Waals surface area (Å²) >= 11 is 0. The largest absolute Gasteiger partial charge is 0.394 e. The molecule has 164 valence electrons. The first-order valence-electron chi connectivity index (χ1n) is 9.84. The molecule has 2 aliphatic heterocycles. The Balaban J connectivity index is 1.81. The molecule has 0 spiro atoms. The normalized spacial score (nSPS) is 30.0. The average molecular weight is 413 g/mol. The molecule has 3 rings (SSSR count). The molecule has 2 aliphatic rings. The number of hydrogen-bond acceptors (Lipinski definition) is 8. The molecule has 0 radical (unpaired) electrons. The Labute approximate surface area is 168 Å². The van der Waals surface area contributed by atoms with Crippen LogP contribution in [0.4, 0.5) is 0 Å². The molecule has 0 unspecified atom stereocenters. The van der Waals surface area contributed by atoms with Crippen molar-refractivity contribution in [3.8, 4) is 0 Å². The van der Waals surface area contributed by atoms with E-state index in [1.807, 2.05) is 27.7 Å². The van der Waals surface area contributed by atoms with Gasteiger partial charge in [-0.2, -0.15) is 5.06 Å². The van der Waals surface area contributed by atoms with Crippen molar-refractivity contribution in [1.29, 1.82) is 0 Å². The number of aromatic nitrogens is 2. The summed E-state index contributed by atoms with van der Waals surface area (Å²) in [5, 5.41) is 31.1. The van der Waals surface area contributed by atoms with Gasteiger partial charge >= 0.3 is 5.69 Å². The van der Waals surface area contributed by atoms with Gasteiger partial charge in [-0.15, -0.1) is 0 Å². The molecule has 4 N–H and O–H groups in total. The number of H-pyrrole nitrogens is 1. The van der Waals surface area contributed by atoms with E-state index in [-0.39, 0.29) is 25.2 Å². The predicted molar refractivity (Wildman–Crippen MR) is 103 cm³/mol. The molecule has 0 saturated carbocycles. The van der Waals surface area contributed by atoms with Crippen LogP contribution in [0.3, 0.4) is 0 Å². The molecule has 0 aromatic carbocycles. The number of nitrogens with one attached hydrogen (secondary N) is 1. The van der Waals surface area contributed by atoms with Gasteiger partial charge in [0.25, 0.3) is 5.56 Å². The molecule has 2 saturated heterocycles. The van der Waals surface area contributed by atoms with Gasteiger partial charge in [0.05, 0.1) is 24.4 Å². The Morgan fingerprint density at radius 2 is 1.83 bits per heavy atom. The SMILES string of the molecule is CC1(C)CC(O)CC(C)(C)N1OCc1cn([C@H]2C[C@H](O)[C@@H](CO)O2)c(=O)[nH]c1=O. The van der Waals surface area contributed by atoms with E-state index >= 15 is 0 Å². The fourth-order valence-corrected chi connectivity index (χ4v) is 4.59. The Kier molecular flexibility index (Phi) is 6.06. The predicted octanol–water partition coefficient (Wildman–Crippen LogP) is -0.377. The second kappa shape index (κ2) is 7.93. The number of aromatic amines is 1. The molecule has 0 aliphatic carbocycles. The van der Waals surface area contributed by atoms with Gasteiger partial charge in [-0.25, -0.2) is 4.79 Å². The second-order valence-electron chi connectivity index (χ2n) is 9.19. The van der Waals surface area contributed by atoms with Crippen LogP contribution in [0.15, 0.2) is 15.8 Å². The molecule has 29 heavy (non-hydrogen) atoms. The number of rotatable bonds is 5. The van der Waals surface area contributed by atoms with Gasteiger partial charge in [0.15, 0.2) is 0 Å². The Hall–Kier alpha value is -1.56. The van der Waals surface area contributed by atoms with Crippen LogP contribution in [0.25, 0.3) is 0 Å². The van der Waals surface area contributed by atoms with Crippen molar-refractivity contribution in [3.63, 3.8) is 0 Å². The van der Waals surface area contributed by atoms with Crippen LogP contribution in [0.1, 0.15) is 58.7 Å². The standard InChI is InChI=1S/C19H31N3O7/c1-18(2)6-12(24)7-19(3,4)22(18)28-10-11-8-21(17(27)20-16(11)26)15-5-13(25)14(9-23)29-15/h8,12-15,23-25H,5-7,9-10H2,1-4H3,(H,20,26,27)/t13-,14+,15+/m0/s1. The van der Waals surface area contributed by atoms with Crippen LogP contribution in [0, 0.1) is 0 Å². The van der Waals surface area contributed by atoms with E-state index in [0.717, 1.165) is 0 Å². The zero-order valence-electron chi connectivity index (χ0n) is 17.3. The molecule has 0 bridgehead atoms. The zero-order chi connectivity index (χ0) is 21.6. The van der Waals surface area contributed by atoms with Crippen LogP contribution >= 0.6 is 0 Å². The maximum absolute atomic E-state index is 12.3. The molecule has 3 heterocycles. The smallest absolute Gasteiger partial charge is 0.330 e. The second-order valence-corrected chi connectivity index (χ2v) is 9.19. The molecule has 3 atom stereocenters. The van der Waals surface area contributed by atoms with Gasteiger partial charge in [-0.05, 0) is 40.5 Å². The quantitative estimate of drug-likeness (QED) is 0.513. The molecule has 1 aromatic rings. The molecule has 2 fully saturated rings. The summed E-state index contributed by atoms with van der Waals surface area (Å²) in [5.74, 6) is 0. The molecule has 1 aromatic heterocycles. The fourth-order valence-electron chi connectivity index (χ4n) is 4.59. The number of aliphatic hydroxyl groups excluding tert-OH is 3. The molecule has 10 heteroatoms. The number of piperidine rings is 1. The summed E-state index contributed by atoms with van der Waals surface area (Å²) in [6.07, 6.45) is -0.340. The van der Waals surface area contributed by atoms with E-state index in [9.17, 15) is 24.9 Å². The van der Waals surface area contributed by atoms with Crippen molar-refractivity contribution in [2.75, 3.05) is 6.61 Å². The summed E-state index contributed by atoms with van der Waals surface area (Å²) in [6.45, 7) is 7.42. The lowest BCUT2D eigenvalue weighted by Gasteiger charge is -2.52. The van der Waals surface area contributed by atoms with Crippen molar-refractivity contribution in [2.24, 2.45) is 0 Å². The third-order valence-electron chi connectivity index (χ3n) is 5.65. The number of nitrogens with zero attached hydrogens (tertiary/aromatic N) is 2. The van der Waals surface area contributed by atoms with Crippen molar-refractivity contribution in [3.05, 3.63) is 32.6 Å². The van der Waals surface area contributed by atoms with Crippen LogP contribution in [0.5, 0.6) is 0 Å². The molecule has 0 amide bonds. The summed E-state index contributed by atoms with van der Waals surface area (Å²) < 4.78 is 6.72. The van der Waals surface area contributed by atoms with Crippen molar-refractivity contribution in [2.45, 2.75) is 89.2 Å². The minimum Gasteiger partial charge on any atom is -0.394 e. The maximum atomic E-state index is 12.3. The van der Waals surface area contributed by atoms with Gasteiger partial charge in [0.2, 0.25) is 0 Å². The Morgan fingerprint density at radius 1 is 1.21 bits per heavy atom. The van der Waals surface area contributed by atoms with Crippen LogP contribution in [-0.2, 0) is 16.2 Å². The van der Waals surface area contributed by atoms with Crippen molar-refractivity contribution in [1.82, 2.24) is 14.6 Å². The summed E-state index contributed by atoms with van der Waals surface area (Å²) in [7, 11) is 0. The third kappa shape index (κ3) is 4.47. The number of hydroxylamine groups is 2. The topological polar surface area (TPSA) is 137 Å². The highest BCUT2D eigenvalue weighted by molar-refractivity contribution is 5.05. The van der Waals surface area contributed by atoms with Crippen LogP contribution in [-0.4, -0.2) is 65.9 Å². The minimum atomic E-state index is -0.898. The lowest BCUT2D eigenvalue weighted by Crippen LogP contribution is -2.61. The first kappa shape index (κ1) is 22.1. The summed E-state index contributed by atoms with van der Waals surface area (Å²) in [5.41, 5.74) is -1.88. The average Bonchev–Trinajstić information content (AvgIpc) is 2.94. The molecular formula is C19H31N3O7. The Bertz CT molecular complexity index is 829. The summed E-state index contributed by atoms with van der Waals surface area (Å²) in [4.78, 5) is 32.8. The molecule has 10 nitrogen and oxygen atoms in total. The van der Waals surface area contributed by atoms with E-state index in [2.05, 4.69) is 4.98 Å². The van der Waals surface area contributed by atoms with Gasteiger partial charge in [-0.3, -0.25) is 19.2 Å². The highest BCUT2D eigenvalue weighted by atomic mass is 16.7. The first-order chi connectivity index (χ1) is 13.4. The highest BCUT2D eigenvalue weighted by Gasteiger charge is 2.46. The zero-order valence-corrected chi connectivity index (χ0v) is 17.3. The van der Waals surface area contributed by atoms with E-state index in [4.69, 9.17) is 9.57 Å². The maximum Gasteiger partial charge on any atom is 0.330 e. The van der Waals surface area contributed by atoms with Gasteiger partial charge < -0.3 is 20.1 Å². The monoisotopic (exact) mass is 413 g/mol. The lowest BCUT2D eigenvalue weighted by atomic mass is 9.80. The minimum absolute atomic E-state index is 0.0722. The van der Waals surface area contributed by atoms with E-state index in [0.29, 0.717) is 12.8 Å². The first-order valence-corrected chi connectivity index (χ1v) is 9.84. The highest BCUT2D eigenvalue weighted by Crippen LogP contribution is 2.38. The van der Waals surface area contributed by atoms with E-state index in [1.165, 1.54) is 10.8 Å². The van der Waals surface area contributed by atoms with Gasteiger partial charge in [-0.1, -0.05) is 0 Å². The number of hydrogen-bond donors (Lipinski definition) is 4. The van der Waals surface area contributed by atoms with Crippen molar-refractivity contribution >= 4 is 0 Å². The number of aliphatic hydroxyl groups is 3.